The first-order valence-electron chi connectivity index (χ1n) is 4.57. The second-order valence-electron chi connectivity index (χ2n) is 3.78. The van der Waals surface area contributed by atoms with Crippen molar-refractivity contribution in [3.63, 3.8) is 0 Å². The van der Waals surface area contributed by atoms with E-state index in [9.17, 15) is 9.18 Å². The smallest absolute Gasteiger partial charge is 0.163 e. The van der Waals surface area contributed by atoms with Crippen molar-refractivity contribution in [2.45, 2.75) is 25.4 Å². The third-order valence-corrected chi connectivity index (χ3v) is 2.51. The van der Waals surface area contributed by atoms with Gasteiger partial charge in [-0.1, -0.05) is 0 Å². The highest BCUT2D eigenvalue weighted by molar-refractivity contribution is 5.63. The van der Waals surface area contributed by atoms with Crippen LogP contribution in [0.15, 0.2) is 18.2 Å². The van der Waals surface area contributed by atoms with Gasteiger partial charge < -0.3 is 4.74 Å². The van der Waals surface area contributed by atoms with Crippen LogP contribution in [-0.2, 0) is 11.2 Å². The first-order valence-corrected chi connectivity index (χ1v) is 4.57. The Bertz CT molecular complexity index is 376. The van der Waals surface area contributed by atoms with E-state index in [2.05, 4.69) is 0 Å². The minimum atomic E-state index is -0.745. The molecule has 1 aromatic rings. The number of rotatable bonds is 1. The van der Waals surface area contributed by atoms with Crippen LogP contribution in [0.5, 0.6) is 5.75 Å². The van der Waals surface area contributed by atoms with Gasteiger partial charge >= 0.3 is 0 Å². The number of halogens is 1. The Hall–Kier alpha value is -1.38. The standard InChI is InChI=1S/C11H11FO2/c1-11(7-13)5-4-8-6-9(12)2-3-10(8)14-11/h2-3,6-7H,4-5H2,1H3/t11-/m0/s1. The van der Waals surface area contributed by atoms with Crippen molar-refractivity contribution < 1.29 is 13.9 Å². The normalized spacial score (nSPS) is 25.0. The van der Waals surface area contributed by atoms with E-state index in [1.54, 1.807) is 13.0 Å². The molecule has 0 fully saturated rings. The van der Waals surface area contributed by atoms with Crippen molar-refractivity contribution in [1.82, 2.24) is 0 Å². The fraction of sp³-hybridized carbons (Fsp3) is 0.364. The molecule has 3 heteroatoms. The van der Waals surface area contributed by atoms with Crippen molar-refractivity contribution in [2.75, 3.05) is 0 Å². The van der Waals surface area contributed by atoms with E-state index in [4.69, 9.17) is 4.74 Å². The molecule has 0 radical (unpaired) electrons. The molecule has 0 saturated heterocycles. The van der Waals surface area contributed by atoms with Gasteiger partial charge in [-0.05, 0) is 43.5 Å². The van der Waals surface area contributed by atoms with Crippen LogP contribution < -0.4 is 4.74 Å². The summed E-state index contributed by atoms with van der Waals surface area (Å²) in [5, 5.41) is 0. The first-order chi connectivity index (χ1) is 6.63. The summed E-state index contributed by atoms with van der Waals surface area (Å²) in [7, 11) is 0. The predicted octanol–water partition coefficient (Wildman–Crippen LogP) is 2.11. The summed E-state index contributed by atoms with van der Waals surface area (Å²) in [5.41, 5.74) is 0.0921. The van der Waals surface area contributed by atoms with Crippen LogP contribution in [0, 0.1) is 5.82 Å². The first kappa shape index (κ1) is 9.19. The quantitative estimate of drug-likeness (QED) is 0.640. The number of benzene rings is 1. The Morgan fingerprint density at radius 1 is 1.57 bits per heavy atom. The number of fused-ring (bicyclic) bond motifs is 1. The van der Waals surface area contributed by atoms with Crippen molar-refractivity contribution in [3.8, 4) is 5.75 Å². The molecule has 2 rings (SSSR count). The van der Waals surface area contributed by atoms with Gasteiger partial charge in [-0.3, -0.25) is 4.79 Å². The maximum Gasteiger partial charge on any atom is 0.163 e. The van der Waals surface area contributed by atoms with Crippen molar-refractivity contribution >= 4 is 6.29 Å². The van der Waals surface area contributed by atoms with Crippen molar-refractivity contribution in [1.29, 1.82) is 0 Å². The zero-order valence-corrected chi connectivity index (χ0v) is 7.92. The summed E-state index contributed by atoms with van der Waals surface area (Å²) in [5.74, 6) is 0.356. The topological polar surface area (TPSA) is 26.3 Å². The molecule has 0 aliphatic carbocycles. The van der Waals surface area contributed by atoms with Crippen molar-refractivity contribution in [3.05, 3.63) is 29.6 Å². The minimum absolute atomic E-state index is 0.262. The zero-order chi connectivity index (χ0) is 10.2. The monoisotopic (exact) mass is 194 g/mol. The Morgan fingerprint density at radius 2 is 2.36 bits per heavy atom. The lowest BCUT2D eigenvalue weighted by Crippen LogP contribution is -2.37. The maximum atomic E-state index is 12.8. The summed E-state index contributed by atoms with van der Waals surface area (Å²) < 4.78 is 18.3. The molecule has 1 aliphatic rings. The van der Waals surface area contributed by atoms with Crippen LogP contribution in [0.1, 0.15) is 18.9 Å². The molecule has 2 nitrogen and oxygen atoms in total. The molecule has 0 aromatic heterocycles. The average Bonchev–Trinajstić information content (AvgIpc) is 2.19. The van der Waals surface area contributed by atoms with E-state index in [0.717, 1.165) is 11.8 Å². The van der Waals surface area contributed by atoms with E-state index in [1.165, 1.54) is 12.1 Å². The SMILES string of the molecule is C[C@@]1(C=O)CCc2cc(F)ccc2O1. The van der Waals surface area contributed by atoms with Crippen LogP contribution >= 0.6 is 0 Å². The van der Waals surface area contributed by atoms with Gasteiger partial charge in [0, 0.05) is 0 Å². The third kappa shape index (κ3) is 1.50. The number of hydrogen-bond donors (Lipinski definition) is 0. The zero-order valence-electron chi connectivity index (χ0n) is 7.92. The van der Waals surface area contributed by atoms with Crippen LogP contribution in [-0.4, -0.2) is 11.9 Å². The molecule has 14 heavy (non-hydrogen) atoms. The molecule has 0 saturated carbocycles. The van der Waals surface area contributed by atoms with Gasteiger partial charge in [-0.15, -0.1) is 0 Å². The molecule has 0 unspecified atom stereocenters. The molecule has 1 atom stereocenters. The summed E-state index contributed by atoms with van der Waals surface area (Å²) in [6.45, 7) is 1.74. The second-order valence-corrected chi connectivity index (χ2v) is 3.78. The number of aryl methyl sites for hydroxylation is 1. The lowest BCUT2D eigenvalue weighted by atomic mass is 9.94. The number of ether oxygens (including phenoxy) is 1. The summed E-state index contributed by atoms with van der Waals surface area (Å²) in [4.78, 5) is 10.8. The van der Waals surface area contributed by atoms with E-state index in [1.807, 2.05) is 0 Å². The van der Waals surface area contributed by atoms with Crippen molar-refractivity contribution in [2.24, 2.45) is 0 Å². The molecule has 74 valence electrons. The molecule has 1 aliphatic heterocycles. The molecule has 1 aromatic carbocycles. The Labute approximate surface area is 81.7 Å². The molecular formula is C11H11FO2. The highest BCUT2D eigenvalue weighted by Crippen LogP contribution is 2.32. The van der Waals surface area contributed by atoms with E-state index in [-0.39, 0.29) is 5.82 Å². The summed E-state index contributed by atoms with van der Waals surface area (Å²) in [6.07, 6.45) is 2.09. The van der Waals surface area contributed by atoms with Gasteiger partial charge in [0.25, 0.3) is 0 Å². The highest BCUT2D eigenvalue weighted by Gasteiger charge is 2.30. The van der Waals surface area contributed by atoms with Gasteiger partial charge in [0.2, 0.25) is 0 Å². The lowest BCUT2D eigenvalue weighted by molar-refractivity contribution is -0.121. The number of carbonyl (C=O) groups excluding carboxylic acids is 1. The number of aldehydes is 1. The third-order valence-electron chi connectivity index (χ3n) is 2.51. The van der Waals surface area contributed by atoms with E-state index in [0.29, 0.717) is 18.6 Å². The lowest BCUT2D eigenvalue weighted by Gasteiger charge is -2.30. The molecule has 0 bridgehead atoms. The van der Waals surface area contributed by atoms with Gasteiger partial charge in [-0.2, -0.15) is 0 Å². The minimum Gasteiger partial charge on any atom is -0.480 e. The highest BCUT2D eigenvalue weighted by atomic mass is 19.1. The van der Waals surface area contributed by atoms with Gasteiger partial charge in [-0.25, -0.2) is 4.39 Å². The second kappa shape index (κ2) is 3.08. The van der Waals surface area contributed by atoms with Gasteiger partial charge in [0.1, 0.15) is 11.6 Å². The molecular weight excluding hydrogens is 183 g/mol. The van der Waals surface area contributed by atoms with Crippen LogP contribution in [0.25, 0.3) is 0 Å². The van der Waals surface area contributed by atoms with E-state index >= 15 is 0 Å². The summed E-state index contributed by atoms with van der Waals surface area (Å²) >= 11 is 0. The molecule has 0 spiro atoms. The summed E-state index contributed by atoms with van der Waals surface area (Å²) in [6, 6.07) is 4.38. The fourth-order valence-corrected chi connectivity index (χ4v) is 1.61. The van der Waals surface area contributed by atoms with Crippen LogP contribution in [0.2, 0.25) is 0 Å². The number of hydrogen-bond acceptors (Lipinski definition) is 2. The molecule has 0 amide bonds. The number of carbonyl (C=O) groups is 1. The Balaban J connectivity index is 2.36. The maximum absolute atomic E-state index is 12.8. The Morgan fingerprint density at radius 3 is 3.07 bits per heavy atom. The average molecular weight is 194 g/mol. The van der Waals surface area contributed by atoms with Crippen LogP contribution in [0.4, 0.5) is 4.39 Å². The molecule has 0 N–H and O–H groups in total. The Kier molecular flexibility index (Phi) is 2.02. The molecule has 1 heterocycles. The predicted molar refractivity (Wildman–Crippen MR) is 49.8 cm³/mol. The van der Waals surface area contributed by atoms with Crippen LogP contribution in [0.3, 0.4) is 0 Å². The fourth-order valence-electron chi connectivity index (χ4n) is 1.61. The van der Waals surface area contributed by atoms with Gasteiger partial charge in [0.15, 0.2) is 11.9 Å². The van der Waals surface area contributed by atoms with Gasteiger partial charge in [0.05, 0.1) is 0 Å². The largest absolute Gasteiger partial charge is 0.480 e. The van der Waals surface area contributed by atoms with E-state index < -0.39 is 5.60 Å².